The molecule has 21 heavy (non-hydrogen) atoms. The molecule has 0 aliphatic carbocycles. The number of aliphatic carboxylic acids is 1. The fraction of sp³-hybridized carbons (Fsp3) is 0.533. The molecule has 0 aromatic carbocycles. The minimum atomic E-state index is -0.826. The molecule has 1 N–H and O–H groups in total. The molecule has 1 unspecified atom stereocenters. The average molecular weight is 292 g/mol. The molecule has 6 heteroatoms. The van der Waals surface area contributed by atoms with Crippen LogP contribution in [0.5, 0.6) is 5.75 Å². The Morgan fingerprint density at radius 3 is 3.00 bits per heavy atom. The molecule has 1 fully saturated rings. The first kappa shape index (κ1) is 15.3. The van der Waals surface area contributed by atoms with Gasteiger partial charge in [-0.3, -0.25) is 14.6 Å². The number of methoxy groups -OCH3 is 1. The van der Waals surface area contributed by atoms with Crippen LogP contribution in [0.15, 0.2) is 18.3 Å². The number of nitrogens with zero attached hydrogens (tertiary/aromatic N) is 2. The number of carboxylic acids is 1. The number of hydrogen-bond donors (Lipinski definition) is 1. The van der Waals surface area contributed by atoms with E-state index in [0.717, 1.165) is 19.3 Å². The highest BCUT2D eigenvalue weighted by Gasteiger charge is 2.28. The maximum Gasteiger partial charge on any atom is 0.303 e. The van der Waals surface area contributed by atoms with Crippen LogP contribution < -0.4 is 4.74 Å². The van der Waals surface area contributed by atoms with Gasteiger partial charge in [0.1, 0.15) is 11.4 Å². The van der Waals surface area contributed by atoms with Gasteiger partial charge in [-0.05, 0) is 31.7 Å². The van der Waals surface area contributed by atoms with Crippen molar-refractivity contribution in [3.63, 3.8) is 0 Å². The van der Waals surface area contributed by atoms with Gasteiger partial charge in [0.2, 0.25) is 0 Å². The zero-order valence-corrected chi connectivity index (χ0v) is 12.1. The molecule has 0 radical (unpaired) electrons. The molecule has 1 aliphatic rings. The summed E-state index contributed by atoms with van der Waals surface area (Å²) in [5.41, 5.74) is 0.344. The van der Waals surface area contributed by atoms with Gasteiger partial charge < -0.3 is 14.7 Å². The van der Waals surface area contributed by atoms with Crippen molar-refractivity contribution in [3.05, 3.63) is 24.0 Å². The molecule has 6 nitrogen and oxygen atoms in total. The van der Waals surface area contributed by atoms with Crippen LogP contribution in [0.25, 0.3) is 0 Å². The van der Waals surface area contributed by atoms with E-state index in [1.807, 2.05) is 0 Å². The van der Waals surface area contributed by atoms with Crippen LogP contribution in [0.4, 0.5) is 0 Å². The van der Waals surface area contributed by atoms with Crippen LogP contribution in [-0.2, 0) is 4.79 Å². The van der Waals surface area contributed by atoms with Gasteiger partial charge >= 0.3 is 5.97 Å². The second-order valence-corrected chi connectivity index (χ2v) is 5.16. The summed E-state index contributed by atoms with van der Waals surface area (Å²) in [4.78, 5) is 29.2. The smallest absolute Gasteiger partial charge is 0.303 e. The lowest BCUT2D eigenvalue weighted by Crippen LogP contribution is -2.44. The second-order valence-electron chi connectivity index (χ2n) is 5.16. The minimum absolute atomic E-state index is 0.0182. The number of pyridine rings is 1. The maximum atomic E-state index is 12.6. The van der Waals surface area contributed by atoms with Gasteiger partial charge in [-0.25, -0.2) is 0 Å². The van der Waals surface area contributed by atoms with Crippen molar-refractivity contribution in [2.24, 2.45) is 0 Å². The highest BCUT2D eigenvalue weighted by molar-refractivity contribution is 5.93. The molecule has 1 aromatic heterocycles. The van der Waals surface area contributed by atoms with Gasteiger partial charge in [0.25, 0.3) is 5.91 Å². The Bertz CT molecular complexity index is 518. The van der Waals surface area contributed by atoms with Crippen molar-refractivity contribution in [3.8, 4) is 5.75 Å². The largest absolute Gasteiger partial charge is 0.497 e. The standard InChI is InChI=1S/C15H20N2O4/c1-21-12-7-8-16-13(10-12)15(20)17-9-3-2-4-11(17)5-6-14(18)19/h7-8,10-11H,2-6,9H2,1H3,(H,18,19). The Balaban J connectivity index is 2.11. The predicted octanol–water partition coefficient (Wildman–Crippen LogP) is 1.95. The number of carbonyl (C=O) groups excluding carboxylic acids is 1. The van der Waals surface area contributed by atoms with E-state index in [1.54, 1.807) is 30.3 Å². The highest BCUT2D eigenvalue weighted by Crippen LogP contribution is 2.23. The first-order chi connectivity index (χ1) is 10.1. The van der Waals surface area contributed by atoms with Gasteiger partial charge in [0.15, 0.2) is 0 Å². The number of carbonyl (C=O) groups is 2. The number of rotatable bonds is 5. The molecule has 114 valence electrons. The van der Waals surface area contributed by atoms with Crippen LogP contribution in [0, 0.1) is 0 Å². The van der Waals surface area contributed by atoms with Gasteiger partial charge in [-0.15, -0.1) is 0 Å². The molecule has 2 rings (SSSR count). The van der Waals surface area contributed by atoms with E-state index < -0.39 is 5.97 Å². The fourth-order valence-electron chi connectivity index (χ4n) is 2.66. The Kier molecular flexibility index (Phi) is 5.14. The second kappa shape index (κ2) is 7.06. The summed E-state index contributed by atoms with van der Waals surface area (Å²) in [7, 11) is 1.54. The van der Waals surface area contributed by atoms with Gasteiger partial charge in [-0.1, -0.05) is 0 Å². The Morgan fingerprint density at radius 2 is 2.29 bits per heavy atom. The summed E-state index contributed by atoms with van der Waals surface area (Å²) in [6.45, 7) is 0.655. The van der Waals surface area contributed by atoms with Crippen molar-refractivity contribution < 1.29 is 19.4 Å². The average Bonchev–Trinajstić information content (AvgIpc) is 2.52. The number of piperidine rings is 1. The molecular formula is C15H20N2O4. The predicted molar refractivity (Wildman–Crippen MR) is 76.3 cm³/mol. The number of amides is 1. The van der Waals surface area contributed by atoms with Crippen molar-refractivity contribution in [2.75, 3.05) is 13.7 Å². The van der Waals surface area contributed by atoms with E-state index in [2.05, 4.69) is 4.98 Å². The third-order valence-electron chi connectivity index (χ3n) is 3.77. The molecule has 1 amide bonds. The van der Waals surface area contributed by atoms with Crippen molar-refractivity contribution in [1.82, 2.24) is 9.88 Å². The Labute approximate surface area is 123 Å². The summed E-state index contributed by atoms with van der Waals surface area (Å²) in [5.74, 6) is -0.385. The van der Waals surface area contributed by atoms with E-state index >= 15 is 0 Å². The molecule has 1 aliphatic heterocycles. The lowest BCUT2D eigenvalue weighted by atomic mass is 9.97. The van der Waals surface area contributed by atoms with Crippen molar-refractivity contribution in [1.29, 1.82) is 0 Å². The van der Waals surface area contributed by atoms with Crippen molar-refractivity contribution in [2.45, 2.75) is 38.1 Å². The van der Waals surface area contributed by atoms with Crippen LogP contribution in [0.1, 0.15) is 42.6 Å². The zero-order chi connectivity index (χ0) is 15.2. The monoisotopic (exact) mass is 292 g/mol. The van der Waals surface area contributed by atoms with Crippen LogP contribution >= 0.6 is 0 Å². The minimum Gasteiger partial charge on any atom is -0.497 e. The first-order valence-corrected chi connectivity index (χ1v) is 7.14. The molecule has 0 spiro atoms. The van der Waals surface area contributed by atoms with Gasteiger partial charge in [0.05, 0.1) is 7.11 Å². The summed E-state index contributed by atoms with van der Waals surface area (Å²) >= 11 is 0. The highest BCUT2D eigenvalue weighted by atomic mass is 16.5. The summed E-state index contributed by atoms with van der Waals surface area (Å²) in [5, 5.41) is 8.82. The zero-order valence-electron chi connectivity index (χ0n) is 12.1. The van der Waals surface area contributed by atoms with E-state index in [-0.39, 0.29) is 18.4 Å². The number of aromatic nitrogens is 1. The number of ether oxygens (including phenoxy) is 1. The Morgan fingerprint density at radius 1 is 1.48 bits per heavy atom. The van der Waals surface area contributed by atoms with Crippen LogP contribution in [0.2, 0.25) is 0 Å². The molecule has 0 bridgehead atoms. The quantitative estimate of drug-likeness (QED) is 0.897. The first-order valence-electron chi connectivity index (χ1n) is 7.14. The fourth-order valence-corrected chi connectivity index (χ4v) is 2.66. The van der Waals surface area contributed by atoms with E-state index in [9.17, 15) is 9.59 Å². The SMILES string of the molecule is COc1ccnc(C(=O)N2CCCCC2CCC(=O)O)c1. The molecule has 1 atom stereocenters. The van der Waals surface area contributed by atoms with Gasteiger partial charge in [0, 0.05) is 31.3 Å². The third-order valence-corrected chi connectivity index (χ3v) is 3.77. The maximum absolute atomic E-state index is 12.6. The summed E-state index contributed by atoms with van der Waals surface area (Å²) in [6, 6.07) is 3.29. The topological polar surface area (TPSA) is 79.7 Å². The van der Waals surface area contributed by atoms with E-state index in [1.165, 1.54) is 0 Å². The normalized spacial score (nSPS) is 18.3. The molecular weight excluding hydrogens is 272 g/mol. The molecule has 2 heterocycles. The van der Waals surface area contributed by atoms with Crippen LogP contribution in [-0.4, -0.2) is 46.6 Å². The number of hydrogen-bond acceptors (Lipinski definition) is 4. The third kappa shape index (κ3) is 3.93. The van der Waals surface area contributed by atoms with E-state index in [4.69, 9.17) is 9.84 Å². The summed E-state index contributed by atoms with van der Waals surface area (Å²) < 4.78 is 5.11. The Hall–Kier alpha value is -2.11. The molecule has 0 saturated carbocycles. The summed E-state index contributed by atoms with van der Waals surface area (Å²) in [6.07, 6.45) is 4.94. The number of carboxylic acid groups (broad SMARTS) is 1. The van der Waals surface area contributed by atoms with E-state index in [0.29, 0.717) is 24.4 Å². The lowest BCUT2D eigenvalue weighted by Gasteiger charge is -2.35. The van der Waals surface area contributed by atoms with Crippen LogP contribution in [0.3, 0.4) is 0 Å². The lowest BCUT2D eigenvalue weighted by molar-refractivity contribution is -0.137. The van der Waals surface area contributed by atoms with Gasteiger partial charge in [-0.2, -0.15) is 0 Å². The number of likely N-dealkylation sites (tertiary alicyclic amines) is 1. The van der Waals surface area contributed by atoms with Crippen molar-refractivity contribution >= 4 is 11.9 Å². The molecule has 1 saturated heterocycles. The molecule has 1 aromatic rings.